The number of rotatable bonds is 4. The predicted molar refractivity (Wildman–Crippen MR) is 84.1 cm³/mol. The maximum atomic E-state index is 11.0. The molecule has 1 fully saturated rings. The van der Waals surface area contributed by atoms with Crippen molar-refractivity contribution in [1.29, 1.82) is 0 Å². The Bertz CT molecular complexity index is 699. The summed E-state index contributed by atoms with van der Waals surface area (Å²) in [5.74, 6) is -0.506. The molecule has 7 heteroatoms. The molecule has 0 bridgehead atoms. The van der Waals surface area contributed by atoms with E-state index in [1.54, 1.807) is 12.3 Å². The topological polar surface area (TPSA) is 108 Å². The number of nitrogens with zero attached hydrogens (tertiary/aromatic N) is 3. The molecule has 2 aromatic heterocycles. The summed E-state index contributed by atoms with van der Waals surface area (Å²) in [5.41, 5.74) is 1.24. The first kappa shape index (κ1) is 15.4. The minimum atomic E-state index is -0.998. The smallest absolute Gasteiger partial charge is 0.335 e. The predicted octanol–water partition coefficient (Wildman–Crippen LogP) is 1.95. The first-order valence-electron chi connectivity index (χ1n) is 7.59. The molecule has 0 saturated heterocycles. The van der Waals surface area contributed by atoms with Gasteiger partial charge in [0.2, 0.25) is 5.95 Å². The molecule has 7 nitrogen and oxygen atoms in total. The maximum absolute atomic E-state index is 11.0. The first-order valence-corrected chi connectivity index (χ1v) is 7.59. The molecule has 0 spiro atoms. The highest BCUT2D eigenvalue weighted by atomic mass is 16.4. The second kappa shape index (κ2) is 6.70. The van der Waals surface area contributed by atoms with Gasteiger partial charge in [0.25, 0.3) is 0 Å². The molecule has 2 aromatic rings. The molecule has 0 aromatic carbocycles. The van der Waals surface area contributed by atoms with Gasteiger partial charge in [-0.2, -0.15) is 0 Å². The monoisotopic (exact) mass is 314 g/mol. The number of hydrogen-bond acceptors (Lipinski definition) is 6. The van der Waals surface area contributed by atoms with Crippen molar-refractivity contribution in [2.45, 2.75) is 37.8 Å². The lowest BCUT2D eigenvalue weighted by Gasteiger charge is -2.26. The quantitative estimate of drug-likeness (QED) is 0.791. The Morgan fingerprint density at radius 1 is 1.09 bits per heavy atom. The molecule has 1 aliphatic carbocycles. The zero-order valence-electron chi connectivity index (χ0n) is 12.5. The van der Waals surface area contributed by atoms with E-state index in [1.807, 2.05) is 0 Å². The van der Waals surface area contributed by atoms with Crippen LogP contribution in [0.4, 0.5) is 5.95 Å². The van der Waals surface area contributed by atoms with Crippen LogP contribution in [-0.2, 0) is 0 Å². The van der Waals surface area contributed by atoms with E-state index in [4.69, 9.17) is 5.11 Å². The minimum Gasteiger partial charge on any atom is -0.478 e. The number of carboxylic acids is 1. The molecule has 0 radical (unpaired) electrons. The Kier molecular flexibility index (Phi) is 4.47. The number of aromatic carboxylic acids is 1. The third kappa shape index (κ3) is 3.81. The van der Waals surface area contributed by atoms with Gasteiger partial charge in [-0.3, -0.25) is 4.98 Å². The third-order valence-electron chi connectivity index (χ3n) is 3.95. The number of aliphatic hydroxyl groups excluding tert-OH is 1. The molecule has 2 heterocycles. The molecule has 0 amide bonds. The number of nitrogens with one attached hydrogen (secondary N) is 1. The van der Waals surface area contributed by atoms with Crippen molar-refractivity contribution in [3.63, 3.8) is 0 Å². The summed E-state index contributed by atoms with van der Waals surface area (Å²) in [6.07, 6.45) is 6.18. The SMILES string of the molecule is O=C(O)c1ccnc(-c2ccnc(NC3CCC(O)CC3)n2)c1. The van der Waals surface area contributed by atoms with Gasteiger partial charge in [0.1, 0.15) is 0 Å². The lowest BCUT2D eigenvalue weighted by Crippen LogP contribution is -2.28. The van der Waals surface area contributed by atoms with E-state index >= 15 is 0 Å². The highest BCUT2D eigenvalue weighted by Crippen LogP contribution is 2.22. The number of carbonyl (C=O) groups is 1. The fourth-order valence-electron chi connectivity index (χ4n) is 2.68. The minimum absolute atomic E-state index is 0.171. The molecule has 120 valence electrons. The van der Waals surface area contributed by atoms with E-state index in [0.717, 1.165) is 25.7 Å². The van der Waals surface area contributed by atoms with Crippen LogP contribution < -0.4 is 5.32 Å². The number of hydrogen-bond donors (Lipinski definition) is 3. The van der Waals surface area contributed by atoms with Crippen LogP contribution in [0.25, 0.3) is 11.4 Å². The molecule has 23 heavy (non-hydrogen) atoms. The van der Waals surface area contributed by atoms with Crippen molar-refractivity contribution in [2.24, 2.45) is 0 Å². The van der Waals surface area contributed by atoms with E-state index in [-0.39, 0.29) is 17.7 Å². The van der Waals surface area contributed by atoms with Crippen LogP contribution in [0.1, 0.15) is 36.0 Å². The number of pyridine rings is 1. The van der Waals surface area contributed by atoms with Gasteiger partial charge in [-0.05, 0) is 43.9 Å². The van der Waals surface area contributed by atoms with Crippen molar-refractivity contribution in [3.05, 3.63) is 36.2 Å². The van der Waals surface area contributed by atoms with Gasteiger partial charge in [0.05, 0.1) is 23.1 Å². The van der Waals surface area contributed by atoms with E-state index in [9.17, 15) is 9.90 Å². The Balaban J connectivity index is 1.77. The zero-order chi connectivity index (χ0) is 16.2. The molecule has 1 saturated carbocycles. The summed E-state index contributed by atoms with van der Waals surface area (Å²) in [6, 6.07) is 4.88. The van der Waals surface area contributed by atoms with E-state index < -0.39 is 5.97 Å². The number of aliphatic hydroxyl groups is 1. The lowest BCUT2D eigenvalue weighted by molar-refractivity contribution is 0.0696. The van der Waals surface area contributed by atoms with Crippen molar-refractivity contribution in [1.82, 2.24) is 15.0 Å². The van der Waals surface area contributed by atoms with Crippen molar-refractivity contribution < 1.29 is 15.0 Å². The molecule has 0 aliphatic heterocycles. The summed E-state index contributed by atoms with van der Waals surface area (Å²) in [5, 5.41) is 21.9. The van der Waals surface area contributed by atoms with Crippen molar-refractivity contribution >= 4 is 11.9 Å². The Labute approximate surface area is 133 Å². The Morgan fingerprint density at radius 3 is 2.57 bits per heavy atom. The Morgan fingerprint density at radius 2 is 1.83 bits per heavy atom. The number of carboxylic acid groups (broad SMARTS) is 1. The molecular formula is C16H18N4O3. The van der Waals surface area contributed by atoms with Gasteiger partial charge in [-0.1, -0.05) is 0 Å². The average Bonchev–Trinajstić information content (AvgIpc) is 2.57. The van der Waals surface area contributed by atoms with Gasteiger partial charge < -0.3 is 15.5 Å². The molecular weight excluding hydrogens is 296 g/mol. The van der Waals surface area contributed by atoms with Crippen molar-refractivity contribution in [2.75, 3.05) is 5.32 Å². The molecule has 3 N–H and O–H groups in total. The first-order chi connectivity index (χ1) is 11.1. The highest BCUT2D eigenvalue weighted by molar-refractivity contribution is 5.88. The lowest BCUT2D eigenvalue weighted by atomic mass is 9.93. The summed E-state index contributed by atoms with van der Waals surface area (Å²) in [7, 11) is 0. The summed E-state index contributed by atoms with van der Waals surface area (Å²) in [6.45, 7) is 0. The van der Waals surface area contributed by atoms with Crippen LogP contribution in [0.2, 0.25) is 0 Å². The average molecular weight is 314 g/mol. The summed E-state index contributed by atoms with van der Waals surface area (Å²) < 4.78 is 0. The van der Waals surface area contributed by atoms with Crippen molar-refractivity contribution in [3.8, 4) is 11.4 Å². The second-order valence-electron chi connectivity index (χ2n) is 5.65. The molecule has 3 rings (SSSR count). The standard InChI is InChI=1S/C16H18N4O3/c21-12-3-1-11(2-4-12)19-16-18-8-6-13(20-16)14-9-10(15(22)23)5-7-17-14/h5-9,11-12,21H,1-4H2,(H,22,23)(H,18,19,20). The van der Waals surface area contributed by atoms with Crippen LogP contribution in [0.3, 0.4) is 0 Å². The molecule has 0 unspecified atom stereocenters. The van der Waals surface area contributed by atoms with Crippen LogP contribution in [0, 0.1) is 0 Å². The Hall–Kier alpha value is -2.54. The second-order valence-corrected chi connectivity index (χ2v) is 5.65. The normalized spacial score (nSPS) is 20.9. The van der Waals surface area contributed by atoms with Crippen LogP contribution in [0.5, 0.6) is 0 Å². The highest BCUT2D eigenvalue weighted by Gasteiger charge is 2.20. The van der Waals surface area contributed by atoms with Gasteiger partial charge >= 0.3 is 5.97 Å². The van der Waals surface area contributed by atoms with Gasteiger partial charge in [-0.25, -0.2) is 14.8 Å². The van der Waals surface area contributed by atoms with Gasteiger partial charge in [0, 0.05) is 18.4 Å². The summed E-state index contributed by atoms with van der Waals surface area (Å²) >= 11 is 0. The number of anilines is 1. The van der Waals surface area contributed by atoms with E-state index in [0.29, 0.717) is 17.3 Å². The van der Waals surface area contributed by atoms with Gasteiger partial charge in [-0.15, -0.1) is 0 Å². The molecule has 1 aliphatic rings. The number of aromatic nitrogens is 3. The van der Waals surface area contributed by atoms with Crippen LogP contribution in [-0.4, -0.2) is 43.3 Å². The maximum Gasteiger partial charge on any atom is 0.335 e. The summed E-state index contributed by atoms with van der Waals surface area (Å²) in [4.78, 5) is 23.8. The molecule has 0 atom stereocenters. The zero-order valence-corrected chi connectivity index (χ0v) is 12.5. The fraction of sp³-hybridized carbons (Fsp3) is 0.375. The van der Waals surface area contributed by atoms with Crippen LogP contribution >= 0.6 is 0 Å². The van der Waals surface area contributed by atoms with E-state index in [1.165, 1.54) is 18.3 Å². The fourth-order valence-corrected chi connectivity index (χ4v) is 2.68. The third-order valence-corrected chi connectivity index (χ3v) is 3.95. The largest absolute Gasteiger partial charge is 0.478 e. The van der Waals surface area contributed by atoms with Crippen LogP contribution in [0.15, 0.2) is 30.6 Å². The van der Waals surface area contributed by atoms with E-state index in [2.05, 4.69) is 20.3 Å². The van der Waals surface area contributed by atoms with Gasteiger partial charge in [0.15, 0.2) is 0 Å².